The number of benzene rings is 3. The van der Waals surface area contributed by atoms with Crippen molar-refractivity contribution in [3.63, 3.8) is 0 Å². The van der Waals surface area contributed by atoms with Crippen LogP contribution in [0.3, 0.4) is 0 Å². The van der Waals surface area contributed by atoms with Crippen LogP contribution in [0.4, 0.5) is 0 Å². The number of nitrogens with one attached hydrogen (secondary N) is 1. The van der Waals surface area contributed by atoms with Crippen LogP contribution in [0.1, 0.15) is 72.5 Å². The van der Waals surface area contributed by atoms with Crippen molar-refractivity contribution >= 4 is 11.7 Å². The molecule has 3 aromatic carbocycles. The van der Waals surface area contributed by atoms with Gasteiger partial charge in [0, 0.05) is 24.9 Å². The molecule has 0 unspecified atom stereocenters. The van der Waals surface area contributed by atoms with Crippen molar-refractivity contribution in [2.75, 3.05) is 26.7 Å². The molecule has 1 aliphatic rings. The molecular weight excluding hydrogens is 516 g/mol. The van der Waals surface area contributed by atoms with Gasteiger partial charge in [-0.1, -0.05) is 48.9 Å². The minimum atomic E-state index is -0.829. The lowest BCUT2D eigenvalue weighted by Gasteiger charge is -2.29. The number of methoxy groups -OCH3 is 1. The second-order valence-corrected chi connectivity index (χ2v) is 10.7. The second-order valence-electron chi connectivity index (χ2n) is 10.7. The van der Waals surface area contributed by atoms with Crippen molar-refractivity contribution in [2.24, 2.45) is 0 Å². The second kappa shape index (κ2) is 15.9. The molecule has 1 aliphatic heterocycles. The first-order chi connectivity index (χ1) is 20.0. The molecule has 7 nitrogen and oxygen atoms in total. The minimum absolute atomic E-state index is 0.0717. The van der Waals surface area contributed by atoms with Crippen molar-refractivity contribution in [2.45, 2.75) is 63.7 Å². The topological polar surface area (TPSA) is 88.1 Å². The smallest absolute Gasteiger partial charge is 0.220 e. The molecule has 1 fully saturated rings. The number of Topliss-reactive ketones (excluding diaryl/α,β-unsaturated/α-hetero) is 1. The number of aliphatic hydroxyl groups excluding tert-OH is 1. The lowest BCUT2D eigenvalue weighted by molar-refractivity contribution is -0.123. The van der Waals surface area contributed by atoms with Crippen molar-refractivity contribution in [1.82, 2.24) is 10.2 Å². The van der Waals surface area contributed by atoms with Gasteiger partial charge in [0.2, 0.25) is 5.91 Å². The first-order valence-corrected chi connectivity index (χ1v) is 14.7. The summed E-state index contributed by atoms with van der Waals surface area (Å²) in [6.45, 7) is 3.04. The Bertz CT molecular complexity index is 1210. The minimum Gasteiger partial charge on any atom is -0.497 e. The summed E-state index contributed by atoms with van der Waals surface area (Å²) in [6.07, 6.45) is 4.49. The van der Waals surface area contributed by atoms with Crippen LogP contribution >= 0.6 is 0 Å². The monoisotopic (exact) mass is 558 g/mol. The van der Waals surface area contributed by atoms with E-state index < -0.39 is 12.1 Å². The van der Waals surface area contributed by atoms with Gasteiger partial charge in [0.1, 0.15) is 24.2 Å². The Balaban J connectivity index is 1.24. The number of likely N-dealkylation sites (tertiary alicyclic amines) is 1. The Hall–Kier alpha value is -3.68. The van der Waals surface area contributed by atoms with Gasteiger partial charge in [0.25, 0.3) is 0 Å². The molecular formula is C34H42N2O5. The maximum absolute atomic E-state index is 12.9. The average Bonchev–Trinajstić information content (AvgIpc) is 3.53. The van der Waals surface area contributed by atoms with Crippen LogP contribution in [0.25, 0.3) is 0 Å². The molecule has 0 aromatic heterocycles. The predicted molar refractivity (Wildman–Crippen MR) is 160 cm³/mol. The highest BCUT2D eigenvalue weighted by Crippen LogP contribution is 2.23. The van der Waals surface area contributed by atoms with E-state index in [1.807, 2.05) is 54.6 Å². The molecule has 0 spiro atoms. The van der Waals surface area contributed by atoms with Gasteiger partial charge in [0.05, 0.1) is 13.2 Å². The van der Waals surface area contributed by atoms with Crippen LogP contribution < -0.4 is 14.8 Å². The molecule has 4 rings (SSSR count). The van der Waals surface area contributed by atoms with Gasteiger partial charge in [-0.05, 0) is 86.3 Å². The quantitative estimate of drug-likeness (QED) is 0.173. The number of hydrogen-bond acceptors (Lipinski definition) is 6. The number of unbranched alkanes of at least 4 members (excludes halogenated alkanes) is 2. The van der Waals surface area contributed by atoms with Gasteiger partial charge < -0.3 is 24.8 Å². The molecule has 1 saturated heterocycles. The summed E-state index contributed by atoms with van der Waals surface area (Å²) in [7, 11) is 1.60. The summed E-state index contributed by atoms with van der Waals surface area (Å²) in [5, 5.41) is 14.4. The first kappa shape index (κ1) is 30.3. The highest BCUT2D eigenvalue weighted by Gasteiger charge is 2.26. The third-order valence-corrected chi connectivity index (χ3v) is 7.57. The summed E-state index contributed by atoms with van der Waals surface area (Å²) in [5.74, 6) is 1.49. The van der Waals surface area contributed by atoms with Crippen LogP contribution in [0.15, 0.2) is 78.9 Å². The van der Waals surface area contributed by atoms with Gasteiger partial charge in [0.15, 0.2) is 5.78 Å². The maximum Gasteiger partial charge on any atom is 0.220 e. The van der Waals surface area contributed by atoms with Gasteiger partial charge in [-0.15, -0.1) is 0 Å². The van der Waals surface area contributed by atoms with Crippen LogP contribution in [0, 0.1) is 0 Å². The number of carbonyl (C=O) groups excluding carboxylic acids is 2. The fraction of sp³-hybridized carbons (Fsp3) is 0.412. The molecule has 1 amide bonds. The molecule has 7 heteroatoms. The van der Waals surface area contributed by atoms with E-state index in [0.29, 0.717) is 38.0 Å². The van der Waals surface area contributed by atoms with Crippen LogP contribution in [-0.2, 0) is 11.4 Å². The summed E-state index contributed by atoms with van der Waals surface area (Å²) >= 11 is 0. The highest BCUT2D eigenvalue weighted by molar-refractivity contribution is 5.96. The maximum atomic E-state index is 12.9. The summed E-state index contributed by atoms with van der Waals surface area (Å²) in [4.78, 5) is 27.6. The number of carbonyl (C=O) groups is 2. The van der Waals surface area contributed by atoms with Crippen molar-refractivity contribution in [1.29, 1.82) is 0 Å². The van der Waals surface area contributed by atoms with E-state index in [0.717, 1.165) is 61.4 Å². The SMILES string of the molecule is COc1ccc(C(=O)CCCCCC(=O)N[C@H](CN2CCCC2)[C@H](O)c2ccc(OCc3ccccc3)cc2)cc1. The van der Waals surface area contributed by atoms with Crippen molar-refractivity contribution in [3.05, 3.63) is 95.6 Å². The summed E-state index contributed by atoms with van der Waals surface area (Å²) in [6, 6.07) is 24.2. The molecule has 0 radical (unpaired) electrons. The molecule has 2 N–H and O–H groups in total. The van der Waals surface area contributed by atoms with Gasteiger partial charge in [-0.2, -0.15) is 0 Å². The van der Waals surface area contributed by atoms with E-state index >= 15 is 0 Å². The normalized spacial score (nSPS) is 14.8. The summed E-state index contributed by atoms with van der Waals surface area (Å²) in [5.41, 5.74) is 2.52. The zero-order chi connectivity index (χ0) is 28.9. The number of aliphatic hydroxyl groups is 1. The van der Waals surface area contributed by atoms with Crippen molar-refractivity contribution in [3.8, 4) is 11.5 Å². The summed E-state index contributed by atoms with van der Waals surface area (Å²) < 4.78 is 11.0. The largest absolute Gasteiger partial charge is 0.497 e. The molecule has 0 bridgehead atoms. The molecule has 0 saturated carbocycles. The van der Waals surface area contributed by atoms with Crippen LogP contribution in [0.5, 0.6) is 11.5 Å². The number of hydrogen-bond donors (Lipinski definition) is 2. The zero-order valence-corrected chi connectivity index (χ0v) is 24.0. The number of amides is 1. The standard InChI is InChI=1S/C34H42N2O5/c1-40-29-18-14-27(15-19-29)32(37)12-6-3-7-13-33(38)35-31(24-36-22-8-9-23-36)34(39)28-16-20-30(21-17-28)41-25-26-10-4-2-5-11-26/h2,4-5,10-11,14-21,31,34,39H,3,6-9,12-13,22-25H2,1H3,(H,35,38)/t31-,34-/m1/s1. The highest BCUT2D eigenvalue weighted by atomic mass is 16.5. The Morgan fingerprint density at radius 2 is 1.51 bits per heavy atom. The van der Waals surface area contributed by atoms with Crippen LogP contribution in [-0.4, -0.2) is 54.5 Å². The van der Waals surface area contributed by atoms with E-state index in [2.05, 4.69) is 10.2 Å². The van der Waals surface area contributed by atoms with E-state index in [-0.39, 0.29) is 11.7 Å². The van der Waals surface area contributed by atoms with E-state index in [1.165, 1.54) is 0 Å². The lowest BCUT2D eigenvalue weighted by Crippen LogP contribution is -2.46. The Labute approximate surface area is 243 Å². The molecule has 3 aromatic rings. The zero-order valence-electron chi connectivity index (χ0n) is 24.0. The van der Waals surface area contributed by atoms with Crippen molar-refractivity contribution < 1.29 is 24.2 Å². The fourth-order valence-corrected chi connectivity index (χ4v) is 5.15. The predicted octanol–water partition coefficient (Wildman–Crippen LogP) is 5.72. The molecule has 41 heavy (non-hydrogen) atoms. The van der Waals surface area contributed by atoms with E-state index in [9.17, 15) is 14.7 Å². The first-order valence-electron chi connectivity index (χ1n) is 14.7. The number of ether oxygens (including phenoxy) is 2. The van der Waals surface area contributed by atoms with Gasteiger partial charge >= 0.3 is 0 Å². The molecule has 0 aliphatic carbocycles. The van der Waals surface area contributed by atoms with Gasteiger partial charge in [-0.25, -0.2) is 0 Å². The number of ketones is 1. The Morgan fingerprint density at radius 1 is 0.854 bits per heavy atom. The lowest BCUT2D eigenvalue weighted by atomic mass is 10.0. The molecule has 2 atom stereocenters. The molecule has 1 heterocycles. The number of nitrogens with zero attached hydrogens (tertiary/aromatic N) is 1. The van der Waals surface area contributed by atoms with E-state index in [1.54, 1.807) is 31.4 Å². The van der Waals surface area contributed by atoms with E-state index in [4.69, 9.17) is 9.47 Å². The van der Waals surface area contributed by atoms with Gasteiger partial charge in [-0.3, -0.25) is 9.59 Å². The van der Waals surface area contributed by atoms with Crippen LogP contribution in [0.2, 0.25) is 0 Å². The third kappa shape index (κ3) is 9.73. The third-order valence-electron chi connectivity index (χ3n) is 7.57. The molecule has 218 valence electrons. The number of rotatable bonds is 16. The Morgan fingerprint density at radius 3 is 2.20 bits per heavy atom. The Kier molecular flexibility index (Phi) is 11.8. The fourth-order valence-electron chi connectivity index (χ4n) is 5.15. The average molecular weight is 559 g/mol.